The maximum atomic E-state index is 13.4. The normalized spacial score (nSPS) is 11.9. The number of nitrogens with zero attached hydrogens (tertiary/aromatic N) is 2. The number of likely N-dealkylation sites (N-methyl/N-ethyl adjacent to an activating group) is 1. The van der Waals surface area contributed by atoms with Gasteiger partial charge in [-0.25, -0.2) is 8.42 Å². The van der Waals surface area contributed by atoms with Gasteiger partial charge in [0.25, 0.3) is 0 Å². The summed E-state index contributed by atoms with van der Waals surface area (Å²) in [5.74, 6) is 0.602. The van der Waals surface area contributed by atoms with Gasteiger partial charge in [0, 0.05) is 26.1 Å². The van der Waals surface area contributed by atoms with Crippen LogP contribution in [0.5, 0.6) is 11.5 Å². The second-order valence-electron chi connectivity index (χ2n) is 8.45. The third-order valence-corrected chi connectivity index (χ3v) is 7.29. The molecule has 1 N–H and O–H groups in total. The van der Waals surface area contributed by atoms with E-state index >= 15 is 0 Å². The number of hydrogen-bond donors (Lipinski definition) is 1. The average Bonchev–Trinajstić information content (AvgIpc) is 2.85. The first kappa shape index (κ1) is 30.2. The fraction of sp³-hybridized carbons (Fsp3) is 0.462. The van der Waals surface area contributed by atoms with Gasteiger partial charge in [0.1, 0.15) is 17.5 Å². The first-order valence-electron chi connectivity index (χ1n) is 12.1. The summed E-state index contributed by atoms with van der Waals surface area (Å²) < 4.78 is 36.7. The van der Waals surface area contributed by atoms with Crippen LogP contribution in [-0.4, -0.2) is 64.7 Å². The SMILES string of the molecule is CCNC(=O)[C@@H](CC)N(Cc1cccc(OC)c1)C(=O)CCCN(c1ccc(OC)c(Cl)c1)S(C)(=O)=O. The predicted octanol–water partition coefficient (Wildman–Crippen LogP) is 3.85. The fourth-order valence-corrected chi connectivity index (χ4v) is 5.20. The Balaban J connectivity index is 2.24. The zero-order valence-corrected chi connectivity index (χ0v) is 23.6. The van der Waals surface area contributed by atoms with Crippen molar-refractivity contribution < 1.29 is 27.5 Å². The minimum Gasteiger partial charge on any atom is -0.497 e. The second kappa shape index (κ2) is 14.1. The number of rotatable bonds is 14. The molecule has 0 aliphatic carbocycles. The monoisotopic (exact) mass is 553 g/mol. The van der Waals surface area contributed by atoms with Gasteiger partial charge in [-0.3, -0.25) is 13.9 Å². The summed E-state index contributed by atoms with van der Waals surface area (Å²) >= 11 is 6.20. The van der Waals surface area contributed by atoms with Crippen LogP contribution in [0.3, 0.4) is 0 Å². The number of carbonyl (C=O) groups excluding carboxylic acids is 2. The molecule has 0 saturated heterocycles. The molecule has 11 heteroatoms. The van der Waals surface area contributed by atoms with Gasteiger partial charge in [-0.1, -0.05) is 30.7 Å². The topological polar surface area (TPSA) is 105 Å². The molecular weight excluding hydrogens is 518 g/mol. The Hall–Kier alpha value is -2.98. The van der Waals surface area contributed by atoms with Gasteiger partial charge < -0.3 is 19.7 Å². The summed E-state index contributed by atoms with van der Waals surface area (Å²) in [6.07, 6.45) is 1.83. The molecule has 0 bridgehead atoms. The van der Waals surface area contributed by atoms with Crippen LogP contribution in [0, 0.1) is 0 Å². The van der Waals surface area contributed by atoms with E-state index in [0.29, 0.717) is 30.2 Å². The molecule has 0 spiro atoms. The zero-order valence-electron chi connectivity index (χ0n) is 22.0. The van der Waals surface area contributed by atoms with Gasteiger partial charge in [-0.2, -0.15) is 0 Å². The molecule has 9 nitrogen and oxygen atoms in total. The number of halogens is 1. The Morgan fingerprint density at radius 3 is 2.38 bits per heavy atom. The summed E-state index contributed by atoms with van der Waals surface area (Å²) in [7, 11) is -0.600. The lowest BCUT2D eigenvalue weighted by Crippen LogP contribution is -2.49. The second-order valence-corrected chi connectivity index (χ2v) is 10.8. The number of anilines is 1. The van der Waals surface area contributed by atoms with Gasteiger partial charge in [-0.15, -0.1) is 0 Å². The summed E-state index contributed by atoms with van der Waals surface area (Å²) in [6, 6.07) is 11.4. The van der Waals surface area contributed by atoms with Crippen molar-refractivity contribution in [2.75, 3.05) is 37.9 Å². The molecule has 2 aromatic carbocycles. The fourth-order valence-electron chi connectivity index (χ4n) is 3.99. The molecular formula is C26H36ClN3O6S. The van der Waals surface area contributed by atoms with E-state index in [9.17, 15) is 18.0 Å². The highest BCUT2D eigenvalue weighted by molar-refractivity contribution is 7.92. The lowest BCUT2D eigenvalue weighted by molar-refractivity contribution is -0.141. The smallest absolute Gasteiger partial charge is 0.242 e. The summed E-state index contributed by atoms with van der Waals surface area (Å²) in [4.78, 5) is 27.8. The Bertz CT molecular complexity index is 1170. The number of nitrogens with one attached hydrogen (secondary N) is 1. The number of carbonyl (C=O) groups is 2. The minimum absolute atomic E-state index is 0.0514. The molecule has 0 saturated carbocycles. The molecule has 2 aromatic rings. The molecule has 0 fully saturated rings. The van der Waals surface area contributed by atoms with Crippen LogP contribution >= 0.6 is 11.6 Å². The molecule has 2 rings (SSSR count). The number of ether oxygens (including phenoxy) is 2. The lowest BCUT2D eigenvalue weighted by Gasteiger charge is -2.31. The molecule has 0 aliphatic rings. The van der Waals surface area contributed by atoms with Crippen LogP contribution in [0.4, 0.5) is 5.69 Å². The number of sulfonamides is 1. The van der Waals surface area contributed by atoms with E-state index in [1.807, 2.05) is 38.1 Å². The van der Waals surface area contributed by atoms with Gasteiger partial charge in [0.15, 0.2) is 0 Å². The van der Waals surface area contributed by atoms with E-state index < -0.39 is 16.1 Å². The van der Waals surface area contributed by atoms with Crippen LogP contribution in [0.2, 0.25) is 5.02 Å². The van der Waals surface area contributed by atoms with Crippen molar-refractivity contribution in [3.05, 3.63) is 53.1 Å². The van der Waals surface area contributed by atoms with E-state index in [-0.39, 0.29) is 42.8 Å². The number of methoxy groups -OCH3 is 2. The van der Waals surface area contributed by atoms with Crippen molar-refractivity contribution in [3.63, 3.8) is 0 Å². The number of amides is 2. The lowest BCUT2D eigenvalue weighted by atomic mass is 10.1. The standard InChI is InChI=1S/C26H36ClN3O6S/c1-6-23(26(32)28-7-2)29(18-19-10-8-11-21(16-19)35-3)25(31)12-9-15-30(37(5,33)34)20-13-14-24(36-4)22(27)17-20/h8,10-11,13-14,16-17,23H,6-7,9,12,15,18H2,1-5H3,(H,28,32)/t23-/m1/s1. The van der Waals surface area contributed by atoms with Crippen molar-refractivity contribution in [2.45, 2.75) is 45.7 Å². The highest BCUT2D eigenvalue weighted by Gasteiger charge is 2.28. The largest absolute Gasteiger partial charge is 0.497 e. The third kappa shape index (κ3) is 8.53. The van der Waals surface area contributed by atoms with Crippen LogP contribution in [0.15, 0.2) is 42.5 Å². The molecule has 0 aromatic heterocycles. The van der Waals surface area contributed by atoms with Crippen LogP contribution in [0.1, 0.15) is 38.7 Å². The third-order valence-electron chi connectivity index (χ3n) is 5.80. The van der Waals surface area contributed by atoms with Crippen molar-refractivity contribution in [2.24, 2.45) is 0 Å². The molecule has 0 aliphatic heterocycles. The molecule has 0 unspecified atom stereocenters. The molecule has 0 radical (unpaired) electrons. The highest BCUT2D eigenvalue weighted by atomic mass is 35.5. The molecule has 37 heavy (non-hydrogen) atoms. The van der Waals surface area contributed by atoms with E-state index in [4.69, 9.17) is 21.1 Å². The Morgan fingerprint density at radius 1 is 1.08 bits per heavy atom. The van der Waals surface area contributed by atoms with Gasteiger partial charge in [-0.05, 0) is 55.7 Å². The van der Waals surface area contributed by atoms with Crippen molar-refractivity contribution in [1.29, 1.82) is 0 Å². The summed E-state index contributed by atoms with van der Waals surface area (Å²) in [5.41, 5.74) is 1.20. The van der Waals surface area contributed by atoms with Crippen LogP contribution in [0.25, 0.3) is 0 Å². The van der Waals surface area contributed by atoms with E-state index in [1.54, 1.807) is 24.1 Å². The number of hydrogen-bond acceptors (Lipinski definition) is 6. The maximum absolute atomic E-state index is 13.4. The van der Waals surface area contributed by atoms with Crippen molar-refractivity contribution >= 4 is 39.1 Å². The average molecular weight is 554 g/mol. The molecule has 2 amide bonds. The summed E-state index contributed by atoms with van der Waals surface area (Å²) in [6.45, 7) is 4.41. The molecule has 0 heterocycles. The van der Waals surface area contributed by atoms with E-state index in [0.717, 1.165) is 11.8 Å². The summed E-state index contributed by atoms with van der Waals surface area (Å²) in [5, 5.41) is 3.08. The molecule has 1 atom stereocenters. The molecule has 204 valence electrons. The van der Waals surface area contributed by atoms with Gasteiger partial charge in [0.2, 0.25) is 21.8 Å². The predicted molar refractivity (Wildman–Crippen MR) is 146 cm³/mol. The Morgan fingerprint density at radius 2 is 1.81 bits per heavy atom. The number of benzene rings is 2. The van der Waals surface area contributed by atoms with Crippen molar-refractivity contribution in [1.82, 2.24) is 10.2 Å². The Labute approximate surface area is 224 Å². The van der Waals surface area contributed by atoms with E-state index in [2.05, 4.69) is 5.32 Å². The van der Waals surface area contributed by atoms with Gasteiger partial charge in [0.05, 0.1) is 31.2 Å². The minimum atomic E-state index is -3.64. The zero-order chi connectivity index (χ0) is 27.6. The van der Waals surface area contributed by atoms with Gasteiger partial charge >= 0.3 is 0 Å². The quantitative estimate of drug-likeness (QED) is 0.381. The van der Waals surface area contributed by atoms with Crippen LogP contribution in [-0.2, 0) is 26.2 Å². The van der Waals surface area contributed by atoms with Crippen molar-refractivity contribution in [3.8, 4) is 11.5 Å². The maximum Gasteiger partial charge on any atom is 0.242 e. The first-order valence-corrected chi connectivity index (χ1v) is 14.3. The Kier molecular flexibility index (Phi) is 11.5. The van der Waals surface area contributed by atoms with Crippen LogP contribution < -0.4 is 19.1 Å². The van der Waals surface area contributed by atoms with E-state index in [1.165, 1.54) is 17.5 Å². The first-order chi connectivity index (χ1) is 17.5. The highest BCUT2D eigenvalue weighted by Crippen LogP contribution is 2.30.